The van der Waals surface area contributed by atoms with Crippen LogP contribution in [0.15, 0.2) is 17.0 Å². The van der Waals surface area contributed by atoms with Crippen molar-refractivity contribution in [2.24, 2.45) is 0 Å². The van der Waals surface area contributed by atoms with Gasteiger partial charge in [-0.25, -0.2) is 8.42 Å². The SMILES string of the molecule is CCOc1cc(OC)c([N+](=O)[O-])cc1S(=O)(=O)Cl. The molecule has 1 aromatic carbocycles. The Morgan fingerprint density at radius 1 is 1.39 bits per heavy atom. The first kappa shape index (κ1) is 14.5. The van der Waals surface area contributed by atoms with Crippen molar-refractivity contribution >= 4 is 25.4 Å². The molecule has 0 radical (unpaired) electrons. The van der Waals surface area contributed by atoms with Crippen LogP contribution in [-0.2, 0) is 9.05 Å². The Kier molecular flexibility index (Phi) is 4.36. The summed E-state index contributed by atoms with van der Waals surface area (Å²) in [7, 11) is 2.28. The van der Waals surface area contributed by atoms with Crippen molar-refractivity contribution in [2.45, 2.75) is 11.8 Å². The number of hydrogen-bond acceptors (Lipinski definition) is 6. The molecule has 0 atom stereocenters. The fourth-order valence-corrected chi connectivity index (χ4v) is 2.27. The minimum absolute atomic E-state index is 0.0880. The van der Waals surface area contributed by atoms with Crippen LogP contribution in [0.1, 0.15) is 6.92 Å². The molecule has 0 amide bonds. The Morgan fingerprint density at radius 3 is 2.39 bits per heavy atom. The standard InChI is InChI=1S/C9H10ClNO6S/c1-3-17-8-5-7(16-2)6(11(12)13)4-9(8)18(10,14)15/h4-5H,3H2,1-2H3. The number of ether oxygens (including phenoxy) is 2. The fourth-order valence-electron chi connectivity index (χ4n) is 1.30. The van der Waals surface area contributed by atoms with Crippen molar-refractivity contribution in [3.05, 3.63) is 22.2 Å². The third-order valence-corrected chi connectivity index (χ3v) is 3.35. The van der Waals surface area contributed by atoms with Crippen LogP contribution in [0.5, 0.6) is 11.5 Å². The van der Waals surface area contributed by atoms with Crippen LogP contribution in [0.4, 0.5) is 5.69 Å². The van der Waals surface area contributed by atoms with Gasteiger partial charge in [0.15, 0.2) is 0 Å². The van der Waals surface area contributed by atoms with Gasteiger partial charge in [0.1, 0.15) is 10.6 Å². The van der Waals surface area contributed by atoms with E-state index >= 15 is 0 Å². The molecule has 0 aromatic heterocycles. The fraction of sp³-hybridized carbons (Fsp3) is 0.333. The zero-order valence-corrected chi connectivity index (χ0v) is 11.1. The van der Waals surface area contributed by atoms with Gasteiger partial charge in [0.2, 0.25) is 5.75 Å². The van der Waals surface area contributed by atoms with Crippen molar-refractivity contribution < 1.29 is 22.8 Å². The smallest absolute Gasteiger partial charge is 0.312 e. The Labute approximate surface area is 108 Å². The molecule has 9 heteroatoms. The lowest BCUT2D eigenvalue weighted by atomic mass is 10.3. The molecule has 100 valence electrons. The number of methoxy groups -OCH3 is 1. The van der Waals surface area contributed by atoms with E-state index in [-0.39, 0.29) is 18.1 Å². The molecule has 0 aliphatic heterocycles. The predicted octanol–water partition coefficient (Wildman–Crippen LogP) is 1.93. The summed E-state index contributed by atoms with van der Waals surface area (Å²) in [5, 5.41) is 10.8. The minimum Gasteiger partial charge on any atom is -0.492 e. The van der Waals surface area contributed by atoms with Gasteiger partial charge in [0, 0.05) is 22.8 Å². The first-order valence-corrected chi connectivity index (χ1v) is 7.06. The second kappa shape index (κ2) is 5.40. The molecule has 0 heterocycles. The molecule has 0 spiro atoms. The molecule has 1 rings (SSSR count). The summed E-state index contributed by atoms with van der Waals surface area (Å²) in [4.78, 5) is 9.55. The highest BCUT2D eigenvalue weighted by molar-refractivity contribution is 8.13. The molecular formula is C9H10ClNO6S. The largest absolute Gasteiger partial charge is 0.492 e. The minimum atomic E-state index is -4.15. The van der Waals surface area contributed by atoms with Crippen LogP contribution in [0, 0.1) is 10.1 Å². The maximum Gasteiger partial charge on any atom is 0.312 e. The van der Waals surface area contributed by atoms with Gasteiger partial charge in [0.25, 0.3) is 9.05 Å². The van der Waals surface area contributed by atoms with Crippen molar-refractivity contribution in [1.29, 1.82) is 0 Å². The van der Waals surface area contributed by atoms with Crippen LogP contribution < -0.4 is 9.47 Å². The number of nitro benzene ring substituents is 1. The summed E-state index contributed by atoms with van der Waals surface area (Å²) in [5.74, 6) is -0.192. The first-order valence-electron chi connectivity index (χ1n) is 4.75. The molecule has 18 heavy (non-hydrogen) atoms. The Balaban J connectivity index is 3.57. The van der Waals surface area contributed by atoms with Gasteiger partial charge >= 0.3 is 5.69 Å². The lowest BCUT2D eigenvalue weighted by Crippen LogP contribution is -2.03. The number of halogens is 1. The lowest BCUT2D eigenvalue weighted by molar-refractivity contribution is -0.386. The highest BCUT2D eigenvalue weighted by Gasteiger charge is 2.25. The maximum absolute atomic E-state index is 11.3. The van der Waals surface area contributed by atoms with Crippen molar-refractivity contribution in [1.82, 2.24) is 0 Å². The van der Waals surface area contributed by atoms with Gasteiger partial charge in [0.05, 0.1) is 18.6 Å². The normalized spacial score (nSPS) is 11.1. The monoisotopic (exact) mass is 295 g/mol. The second-order valence-electron chi connectivity index (χ2n) is 3.10. The molecule has 0 saturated carbocycles. The van der Waals surface area contributed by atoms with Gasteiger partial charge in [-0.05, 0) is 6.92 Å². The van der Waals surface area contributed by atoms with Crippen molar-refractivity contribution in [3.63, 3.8) is 0 Å². The number of nitro groups is 1. The third-order valence-electron chi connectivity index (χ3n) is 2.00. The van der Waals surface area contributed by atoms with Crippen LogP contribution >= 0.6 is 10.7 Å². The van der Waals surface area contributed by atoms with Crippen LogP contribution in [0.25, 0.3) is 0 Å². The van der Waals surface area contributed by atoms with E-state index < -0.39 is 24.6 Å². The summed E-state index contributed by atoms with van der Waals surface area (Å²) in [6.45, 7) is 1.82. The maximum atomic E-state index is 11.3. The average Bonchev–Trinajstić information content (AvgIpc) is 2.26. The average molecular weight is 296 g/mol. The Bertz CT molecular complexity index is 571. The topological polar surface area (TPSA) is 95.7 Å². The quantitative estimate of drug-likeness (QED) is 0.468. The first-order chi connectivity index (χ1) is 8.31. The molecule has 0 unspecified atom stereocenters. The molecule has 0 aliphatic carbocycles. The van der Waals surface area contributed by atoms with E-state index in [1.807, 2.05) is 0 Å². The summed E-state index contributed by atoms with van der Waals surface area (Å²) < 4.78 is 32.5. The summed E-state index contributed by atoms with van der Waals surface area (Å²) >= 11 is 0. The van der Waals surface area contributed by atoms with Crippen LogP contribution in [-0.4, -0.2) is 27.1 Å². The van der Waals surface area contributed by atoms with E-state index in [0.29, 0.717) is 0 Å². The molecule has 0 fully saturated rings. The van der Waals surface area contributed by atoms with E-state index in [9.17, 15) is 18.5 Å². The van der Waals surface area contributed by atoms with Crippen LogP contribution in [0.2, 0.25) is 0 Å². The highest BCUT2D eigenvalue weighted by atomic mass is 35.7. The molecule has 0 aliphatic rings. The molecular weight excluding hydrogens is 286 g/mol. The third kappa shape index (κ3) is 3.02. The zero-order valence-electron chi connectivity index (χ0n) is 9.54. The predicted molar refractivity (Wildman–Crippen MR) is 63.9 cm³/mol. The molecule has 0 N–H and O–H groups in total. The zero-order chi connectivity index (χ0) is 13.9. The molecule has 0 saturated heterocycles. The van der Waals surface area contributed by atoms with Gasteiger partial charge in [-0.15, -0.1) is 0 Å². The molecule has 7 nitrogen and oxygen atoms in total. The highest BCUT2D eigenvalue weighted by Crippen LogP contribution is 2.38. The number of rotatable bonds is 5. The van der Waals surface area contributed by atoms with E-state index in [1.165, 1.54) is 7.11 Å². The second-order valence-corrected chi connectivity index (χ2v) is 5.63. The number of benzene rings is 1. The summed E-state index contributed by atoms with van der Waals surface area (Å²) in [5.41, 5.74) is -0.500. The molecule has 0 bridgehead atoms. The van der Waals surface area contributed by atoms with E-state index in [0.717, 1.165) is 12.1 Å². The summed E-state index contributed by atoms with van der Waals surface area (Å²) in [6, 6.07) is 1.93. The summed E-state index contributed by atoms with van der Waals surface area (Å²) in [6.07, 6.45) is 0. The molecule has 1 aromatic rings. The van der Waals surface area contributed by atoms with Gasteiger partial charge < -0.3 is 9.47 Å². The van der Waals surface area contributed by atoms with Crippen molar-refractivity contribution in [3.8, 4) is 11.5 Å². The number of nitrogens with zero attached hydrogens (tertiary/aromatic N) is 1. The van der Waals surface area contributed by atoms with Gasteiger partial charge in [-0.3, -0.25) is 10.1 Å². The van der Waals surface area contributed by atoms with Crippen LogP contribution in [0.3, 0.4) is 0 Å². The lowest BCUT2D eigenvalue weighted by Gasteiger charge is -2.10. The Hall–Kier alpha value is -1.54. The van der Waals surface area contributed by atoms with E-state index in [1.54, 1.807) is 6.92 Å². The van der Waals surface area contributed by atoms with Gasteiger partial charge in [-0.1, -0.05) is 0 Å². The van der Waals surface area contributed by atoms with E-state index in [4.69, 9.17) is 20.2 Å². The number of hydrogen-bond donors (Lipinski definition) is 0. The van der Waals surface area contributed by atoms with Crippen molar-refractivity contribution in [2.75, 3.05) is 13.7 Å². The van der Waals surface area contributed by atoms with Gasteiger partial charge in [-0.2, -0.15) is 0 Å². The Morgan fingerprint density at radius 2 is 2.00 bits per heavy atom. The van der Waals surface area contributed by atoms with E-state index in [2.05, 4.69) is 0 Å².